The zero-order chi connectivity index (χ0) is 18.1. The average molecular weight is 349 g/mol. The summed E-state index contributed by atoms with van der Waals surface area (Å²) in [7, 11) is 0. The summed E-state index contributed by atoms with van der Waals surface area (Å²) in [5.41, 5.74) is 3.64. The van der Waals surface area contributed by atoms with Crippen molar-refractivity contribution in [3.05, 3.63) is 89.5 Å². The van der Waals surface area contributed by atoms with Gasteiger partial charge in [0.1, 0.15) is 5.82 Å². The van der Waals surface area contributed by atoms with Gasteiger partial charge in [-0.05, 0) is 48.9 Å². The van der Waals surface area contributed by atoms with Crippen molar-refractivity contribution in [1.29, 1.82) is 0 Å². The topological polar surface area (TPSA) is 37.3 Å². The summed E-state index contributed by atoms with van der Waals surface area (Å²) >= 11 is 0. The highest BCUT2D eigenvalue weighted by atomic mass is 19.1. The third-order valence-corrected chi connectivity index (χ3v) is 4.77. The molecule has 3 aromatic rings. The van der Waals surface area contributed by atoms with Crippen LogP contribution in [0.3, 0.4) is 0 Å². The molecule has 0 saturated heterocycles. The highest BCUT2D eigenvalue weighted by molar-refractivity contribution is 5.90. The number of fused-ring (bicyclic) bond motifs is 1. The quantitative estimate of drug-likeness (QED) is 0.723. The summed E-state index contributed by atoms with van der Waals surface area (Å²) in [6.45, 7) is 3.28. The fraction of sp³-hybridized carbons (Fsp3) is 0.190. The number of anilines is 1. The molecular weight excluding hydrogens is 329 g/mol. The second-order valence-electron chi connectivity index (χ2n) is 6.57. The first-order chi connectivity index (χ1) is 12.6. The van der Waals surface area contributed by atoms with Crippen LogP contribution in [-0.2, 0) is 6.54 Å². The maximum atomic E-state index is 13.8. The van der Waals surface area contributed by atoms with Crippen LogP contribution in [0, 0.1) is 12.7 Å². The monoisotopic (exact) mass is 349 g/mol. The SMILES string of the molecule is Cc1ccc(NC(=O)N2CCn3cccc3[C@@H]2c2cccc(F)c2)cc1. The predicted molar refractivity (Wildman–Crippen MR) is 99.6 cm³/mol. The number of hydrogen-bond donors (Lipinski definition) is 1. The molecule has 0 saturated carbocycles. The number of amides is 2. The van der Waals surface area contributed by atoms with E-state index in [0.29, 0.717) is 6.54 Å². The average Bonchev–Trinajstić information content (AvgIpc) is 3.11. The van der Waals surface area contributed by atoms with E-state index in [0.717, 1.165) is 29.1 Å². The van der Waals surface area contributed by atoms with Crippen molar-refractivity contribution in [3.63, 3.8) is 0 Å². The number of halogens is 1. The van der Waals surface area contributed by atoms with Gasteiger partial charge in [0.15, 0.2) is 0 Å². The van der Waals surface area contributed by atoms with Crippen molar-refractivity contribution in [3.8, 4) is 0 Å². The van der Waals surface area contributed by atoms with Gasteiger partial charge in [0, 0.05) is 30.7 Å². The zero-order valence-corrected chi connectivity index (χ0v) is 14.5. The lowest BCUT2D eigenvalue weighted by Crippen LogP contribution is -2.44. The van der Waals surface area contributed by atoms with E-state index in [4.69, 9.17) is 0 Å². The summed E-state index contributed by atoms with van der Waals surface area (Å²) in [4.78, 5) is 14.7. The van der Waals surface area contributed by atoms with E-state index < -0.39 is 0 Å². The number of benzene rings is 2. The highest BCUT2D eigenvalue weighted by Crippen LogP contribution is 2.33. The predicted octanol–water partition coefficient (Wildman–Crippen LogP) is 4.57. The molecule has 132 valence electrons. The van der Waals surface area contributed by atoms with Crippen LogP contribution in [-0.4, -0.2) is 22.0 Å². The summed E-state index contributed by atoms with van der Waals surface area (Å²) in [5, 5.41) is 2.96. The van der Waals surface area contributed by atoms with Gasteiger partial charge < -0.3 is 14.8 Å². The Morgan fingerprint density at radius 1 is 1.08 bits per heavy atom. The van der Waals surface area contributed by atoms with Crippen LogP contribution < -0.4 is 5.32 Å². The van der Waals surface area contributed by atoms with Gasteiger partial charge in [0.25, 0.3) is 0 Å². The molecule has 5 heteroatoms. The van der Waals surface area contributed by atoms with Crippen LogP contribution in [0.5, 0.6) is 0 Å². The summed E-state index contributed by atoms with van der Waals surface area (Å²) in [6, 6.07) is 17.6. The van der Waals surface area contributed by atoms with Crippen molar-refractivity contribution in [1.82, 2.24) is 9.47 Å². The summed E-state index contributed by atoms with van der Waals surface area (Å²) < 4.78 is 15.9. The van der Waals surface area contributed by atoms with Crippen molar-refractivity contribution >= 4 is 11.7 Å². The molecule has 1 aliphatic heterocycles. The van der Waals surface area contributed by atoms with Gasteiger partial charge in [-0.1, -0.05) is 29.8 Å². The molecule has 0 fully saturated rings. The van der Waals surface area contributed by atoms with Gasteiger partial charge in [0.05, 0.1) is 6.04 Å². The Morgan fingerprint density at radius 2 is 1.88 bits per heavy atom. The minimum absolute atomic E-state index is 0.185. The molecule has 2 aromatic carbocycles. The Kier molecular flexibility index (Phi) is 4.21. The molecule has 2 amide bonds. The van der Waals surface area contributed by atoms with E-state index in [2.05, 4.69) is 9.88 Å². The molecule has 0 radical (unpaired) electrons. The first-order valence-electron chi connectivity index (χ1n) is 8.66. The van der Waals surface area contributed by atoms with Crippen LogP contribution in [0.1, 0.15) is 22.9 Å². The number of aromatic nitrogens is 1. The molecular formula is C21H20FN3O. The van der Waals surface area contributed by atoms with Crippen molar-refractivity contribution in [2.24, 2.45) is 0 Å². The maximum absolute atomic E-state index is 13.8. The number of carbonyl (C=O) groups is 1. The van der Waals surface area contributed by atoms with E-state index >= 15 is 0 Å². The Hall–Kier alpha value is -3.08. The lowest BCUT2D eigenvalue weighted by Gasteiger charge is -2.37. The lowest BCUT2D eigenvalue weighted by molar-refractivity contribution is 0.181. The number of nitrogens with one attached hydrogen (secondary N) is 1. The molecule has 0 aliphatic carbocycles. The number of aryl methyl sites for hydroxylation is 1. The molecule has 26 heavy (non-hydrogen) atoms. The zero-order valence-electron chi connectivity index (χ0n) is 14.5. The molecule has 4 nitrogen and oxygen atoms in total. The second kappa shape index (κ2) is 6.67. The normalized spacial score (nSPS) is 16.2. The Bertz CT molecular complexity index is 932. The molecule has 1 aliphatic rings. The number of carbonyl (C=O) groups excluding carboxylic acids is 1. The van der Waals surface area contributed by atoms with Crippen LogP contribution in [0.2, 0.25) is 0 Å². The molecule has 0 bridgehead atoms. The Morgan fingerprint density at radius 3 is 2.65 bits per heavy atom. The third kappa shape index (κ3) is 3.08. The second-order valence-corrected chi connectivity index (χ2v) is 6.57. The fourth-order valence-electron chi connectivity index (χ4n) is 3.46. The summed E-state index contributed by atoms with van der Waals surface area (Å²) in [5.74, 6) is -0.301. The number of rotatable bonds is 2. The molecule has 0 spiro atoms. The first-order valence-corrected chi connectivity index (χ1v) is 8.66. The van der Waals surface area contributed by atoms with Crippen molar-refractivity contribution < 1.29 is 9.18 Å². The molecule has 0 unspecified atom stereocenters. The van der Waals surface area contributed by atoms with Crippen LogP contribution >= 0.6 is 0 Å². The van der Waals surface area contributed by atoms with Gasteiger partial charge in [-0.2, -0.15) is 0 Å². The van der Waals surface area contributed by atoms with Gasteiger partial charge in [-0.25, -0.2) is 9.18 Å². The highest BCUT2D eigenvalue weighted by Gasteiger charge is 2.32. The largest absolute Gasteiger partial charge is 0.348 e. The Labute approximate surface area is 151 Å². The number of urea groups is 1. The third-order valence-electron chi connectivity index (χ3n) is 4.77. The first kappa shape index (κ1) is 16.4. The van der Waals surface area contributed by atoms with Crippen molar-refractivity contribution in [2.45, 2.75) is 19.5 Å². The van der Waals surface area contributed by atoms with E-state index in [1.807, 2.05) is 55.6 Å². The summed E-state index contributed by atoms with van der Waals surface area (Å²) in [6.07, 6.45) is 2.00. The lowest BCUT2D eigenvalue weighted by atomic mass is 10.00. The maximum Gasteiger partial charge on any atom is 0.322 e. The molecule has 4 rings (SSSR count). The molecule has 1 aromatic heterocycles. The minimum Gasteiger partial charge on any atom is -0.348 e. The van der Waals surface area contributed by atoms with E-state index in [9.17, 15) is 9.18 Å². The van der Waals surface area contributed by atoms with Gasteiger partial charge >= 0.3 is 6.03 Å². The standard InChI is InChI=1S/C21H20FN3O/c1-15-7-9-18(10-8-15)23-21(26)25-13-12-24-11-3-6-19(24)20(25)16-4-2-5-17(22)14-16/h2-11,14,20H,12-13H2,1H3,(H,23,26)/t20-/m0/s1. The van der Waals surface area contributed by atoms with E-state index in [1.165, 1.54) is 12.1 Å². The van der Waals surface area contributed by atoms with Gasteiger partial charge in [-0.3, -0.25) is 0 Å². The number of nitrogens with zero attached hydrogens (tertiary/aromatic N) is 2. The van der Waals surface area contributed by atoms with E-state index in [-0.39, 0.29) is 17.9 Å². The molecule has 2 heterocycles. The van der Waals surface area contributed by atoms with Gasteiger partial charge in [-0.15, -0.1) is 0 Å². The van der Waals surface area contributed by atoms with E-state index in [1.54, 1.807) is 11.0 Å². The minimum atomic E-state index is -0.320. The molecule has 1 atom stereocenters. The van der Waals surface area contributed by atoms with Crippen LogP contribution in [0.25, 0.3) is 0 Å². The van der Waals surface area contributed by atoms with Gasteiger partial charge in [0.2, 0.25) is 0 Å². The molecule has 1 N–H and O–H groups in total. The van der Waals surface area contributed by atoms with Crippen LogP contribution in [0.4, 0.5) is 14.9 Å². The Balaban J connectivity index is 1.67. The van der Waals surface area contributed by atoms with Crippen molar-refractivity contribution in [2.75, 3.05) is 11.9 Å². The van der Waals surface area contributed by atoms with Crippen LogP contribution in [0.15, 0.2) is 66.9 Å². The fourth-order valence-corrected chi connectivity index (χ4v) is 3.46. The number of hydrogen-bond acceptors (Lipinski definition) is 1. The smallest absolute Gasteiger partial charge is 0.322 e.